The fourth-order valence-corrected chi connectivity index (χ4v) is 4.10. The molecule has 2 heteroatoms. The number of hydrogen-bond donors (Lipinski definition) is 1. The molecule has 1 aromatic carbocycles. The van der Waals surface area contributed by atoms with Crippen LogP contribution in [0, 0.1) is 0 Å². The van der Waals surface area contributed by atoms with Crippen LogP contribution in [0.4, 0.5) is 0 Å². The van der Waals surface area contributed by atoms with Gasteiger partial charge in [0.25, 0.3) is 0 Å². The summed E-state index contributed by atoms with van der Waals surface area (Å²) in [4.78, 5) is 1.55. The Morgan fingerprint density at radius 2 is 2.05 bits per heavy atom. The topological polar surface area (TPSA) is 26.0 Å². The van der Waals surface area contributed by atoms with Crippen LogP contribution in [-0.4, -0.2) is 0 Å². The van der Waals surface area contributed by atoms with Crippen LogP contribution >= 0.6 is 11.3 Å². The zero-order chi connectivity index (χ0) is 13.2. The maximum Gasteiger partial charge on any atom is 0.0364 e. The fraction of sp³-hybridized carbons (Fsp3) is 0.412. The third-order valence-corrected chi connectivity index (χ3v) is 5.30. The number of hydrogen-bond acceptors (Lipinski definition) is 2. The normalized spacial score (nSPS) is 20.0. The Morgan fingerprint density at radius 3 is 2.79 bits per heavy atom. The molecule has 0 fully saturated rings. The molecule has 0 radical (unpaired) electrons. The molecule has 1 aliphatic rings. The van der Waals surface area contributed by atoms with Crippen LogP contribution in [0.1, 0.15) is 53.3 Å². The predicted octanol–water partition coefficient (Wildman–Crippen LogP) is 4.43. The molecule has 0 saturated heterocycles. The zero-order valence-corrected chi connectivity index (χ0v) is 12.2. The lowest BCUT2D eigenvalue weighted by Crippen LogP contribution is -2.22. The highest BCUT2D eigenvalue weighted by Gasteiger charge is 2.27. The minimum absolute atomic E-state index is 0.138. The van der Waals surface area contributed by atoms with E-state index in [1.807, 2.05) is 11.3 Å². The summed E-state index contributed by atoms with van der Waals surface area (Å²) in [7, 11) is 0. The highest BCUT2D eigenvalue weighted by atomic mass is 32.1. The van der Waals surface area contributed by atoms with E-state index in [2.05, 4.69) is 42.6 Å². The summed E-state index contributed by atoms with van der Waals surface area (Å²) in [5.41, 5.74) is 10.7. The maximum atomic E-state index is 6.54. The summed E-state index contributed by atoms with van der Waals surface area (Å²) in [6, 6.07) is 11.3. The number of fused-ring (bicyclic) bond motifs is 1. The minimum Gasteiger partial charge on any atom is -0.323 e. The highest BCUT2D eigenvalue weighted by molar-refractivity contribution is 7.10. The molecule has 1 heterocycles. The van der Waals surface area contributed by atoms with Gasteiger partial charge in [-0.1, -0.05) is 31.2 Å². The number of rotatable bonds is 3. The Morgan fingerprint density at radius 1 is 1.26 bits per heavy atom. The Bertz CT molecular complexity index is 541. The van der Waals surface area contributed by atoms with Crippen LogP contribution in [0.25, 0.3) is 0 Å². The molecule has 1 aromatic heterocycles. The number of aryl methyl sites for hydroxylation is 2. The van der Waals surface area contributed by atoms with E-state index in [0.29, 0.717) is 5.92 Å². The fourth-order valence-electron chi connectivity index (χ4n) is 3.10. The molecule has 100 valence electrons. The SMILES string of the molecule is CCc1ccc(C(N)C2CCCc3sccc32)cc1. The van der Waals surface area contributed by atoms with Gasteiger partial charge in [-0.25, -0.2) is 0 Å². The van der Waals surface area contributed by atoms with E-state index in [-0.39, 0.29) is 6.04 Å². The molecule has 2 atom stereocenters. The lowest BCUT2D eigenvalue weighted by atomic mass is 9.80. The van der Waals surface area contributed by atoms with E-state index >= 15 is 0 Å². The molecule has 0 spiro atoms. The number of benzene rings is 1. The average Bonchev–Trinajstić information content (AvgIpc) is 2.95. The first kappa shape index (κ1) is 12.9. The Kier molecular flexibility index (Phi) is 3.72. The van der Waals surface area contributed by atoms with Gasteiger partial charge in [-0.3, -0.25) is 0 Å². The molecule has 0 saturated carbocycles. The van der Waals surface area contributed by atoms with Crippen molar-refractivity contribution in [3.05, 3.63) is 57.3 Å². The molecular weight excluding hydrogens is 250 g/mol. The molecule has 2 unspecified atom stereocenters. The van der Waals surface area contributed by atoms with Gasteiger partial charge in [-0.05, 0) is 53.8 Å². The number of thiophene rings is 1. The van der Waals surface area contributed by atoms with Gasteiger partial charge in [0.15, 0.2) is 0 Å². The van der Waals surface area contributed by atoms with Gasteiger partial charge in [0.2, 0.25) is 0 Å². The molecule has 1 nitrogen and oxygen atoms in total. The molecule has 2 aromatic rings. The zero-order valence-electron chi connectivity index (χ0n) is 11.4. The Hall–Kier alpha value is -1.12. The van der Waals surface area contributed by atoms with E-state index in [9.17, 15) is 0 Å². The highest BCUT2D eigenvalue weighted by Crippen LogP contribution is 2.41. The average molecular weight is 271 g/mol. The van der Waals surface area contributed by atoms with Gasteiger partial charge in [0.05, 0.1) is 0 Å². The number of nitrogens with two attached hydrogens (primary N) is 1. The summed E-state index contributed by atoms with van der Waals surface area (Å²) < 4.78 is 0. The summed E-state index contributed by atoms with van der Waals surface area (Å²) in [6.45, 7) is 2.19. The lowest BCUT2D eigenvalue weighted by Gasteiger charge is -2.28. The van der Waals surface area contributed by atoms with Crippen molar-refractivity contribution in [1.29, 1.82) is 0 Å². The van der Waals surface area contributed by atoms with Crippen molar-refractivity contribution in [3.8, 4) is 0 Å². The second kappa shape index (κ2) is 5.48. The van der Waals surface area contributed by atoms with Crippen LogP contribution in [0.3, 0.4) is 0 Å². The van der Waals surface area contributed by atoms with E-state index in [1.54, 1.807) is 4.88 Å². The first-order chi connectivity index (χ1) is 9.29. The Labute approximate surface area is 119 Å². The largest absolute Gasteiger partial charge is 0.323 e. The van der Waals surface area contributed by atoms with Crippen LogP contribution in [0.2, 0.25) is 0 Å². The van der Waals surface area contributed by atoms with Gasteiger partial charge in [0, 0.05) is 16.8 Å². The molecule has 19 heavy (non-hydrogen) atoms. The molecular formula is C17H21NS. The summed E-state index contributed by atoms with van der Waals surface area (Å²) in [5.74, 6) is 0.502. The van der Waals surface area contributed by atoms with Crippen molar-refractivity contribution in [2.45, 2.75) is 44.6 Å². The summed E-state index contributed by atoms with van der Waals surface area (Å²) in [5, 5.41) is 2.22. The van der Waals surface area contributed by atoms with Crippen LogP contribution in [0.5, 0.6) is 0 Å². The Balaban J connectivity index is 1.86. The van der Waals surface area contributed by atoms with E-state index in [4.69, 9.17) is 5.73 Å². The van der Waals surface area contributed by atoms with Gasteiger partial charge in [-0.15, -0.1) is 11.3 Å². The van der Waals surface area contributed by atoms with Crippen LogP contribution < -0.4 is 5.73 Å². The van der Waals surface area contributed by atoms with Crippen molar-refractivity contribution in [3.63, 3.8) is 0 Å². The van der Waals surface area contributed by atoms with Crippen molar-refractivity contribution >= 4 is 11.3 Å². The van der Waals surface area contributed by atoms with Crippen molar-refractivity contribution in [2.75, 3.05) is 0 Å². The van der Waals surface area contributed by atoms with Gasteiger partial charge >= 0.3 is 0 Å². The molecule has 0 bridgehead atoms. The van der Waals surface area contributed by atoms with Crippen molar-refractivity contribution in [2.24, 2.45) is 5.73 Å². The summed E-state index contributed by atoms with van der Waals surface area (Å²) in [6.07, 6.45) is 4.83. The third-order valence-electron chi connectivity index (χ3n) is 4.30. The molecule has 0 aliphatic heterocycles. The van der Waals surface area contributed by atoms with Gasteiger partial charge < -0.3 is 5.73 Å². The second-order valence-electron chi connectivity index (χ2n) is 5.42. The van der Waals surface area contributed by atoms with Crippen LogP contribution in [0.15, 0.2) is 35.7 Å². The first-order valence-corrected chi connectivity index (χ1v) is 8.08. The molecule has 0 amide bonds. The van der Waals surface area contributed by atoms with E-state index in [1.165, 1.54) is 36.0 Å². The maximum absolute atomic E-state index is 6.54. The van der Waals surface area contributed by atoms with E-state index < -0.39 is 0 Å². The molecule has 1 aliphatic carbocycles. The minimum atomic E-state index is 0.138. The smallest absolute Gasteiger partial charge is 0.0364 e. The van der Waals surface area contributed by atoms with Crippen molar-refractivity contribution < 1.29 is 0 Å². The first-order valence-electron chi connectivity index (χ1n) is 7.20. The van der Waals surface area contributed by atoms with Crippen molar-refractivity contribution in [1.82, 2.24) is 0 Å². The monoisotopic (exact) mass is 271 g/mol. The lowest BCUT2D eigenvalue weighted by molar-refractivity contribution is 0.479. The molecule has 2 N–H and O–H groups in total. The molecule has 3 rings (SSSR count). The summed E-state index contributed by atoms with van der Waals surface area (Å²) >= 11 is 1.89. The second-order valence-corrected chi connectivity index (χ2v) is 6.42. The third kappa shape index (κ3) is 2.47. The predicted molar refractivity (Wildman–Crippen MR) is 82.7 cm³/mol. The van der Waals surface area contributed by atoms with Gasteiger partial charge in [0.1, 0.15) is 0 Å². The van der Waals surface area contributed by atoms with E-state index in [0.717, 1.165) is 6.42 Å². The quantitative estimate of drug-likeness (QED) is 0.878. The standard InChI is InChI=1S/C17H21NS/c1-2-12-6-8-13(9-7-12)17(18)15-4-3-5-16-14(15)10-11-19-16/h6-11,15,17H,2-5,18H2,1H3. The van der Waals surface area contributed by atoms with Crippen LogP contribution in [-0.2, 0) is 12.8 Å². The van der Waals surface area contributed by atoms with Gasteiger partial charge in [-0.2, -0.15) is 0 Å².